The summed E-state index contributed by atoms with van der Waals surface area (Å²) in [5.41, 5.74) is -2.00. The number of hydrazone groups is 1. The number of rotatable bonds is 6. The molecule has 0 N–H and O–H groups in total. The van der Waals surface area contributed by atoms with E-state index in [4.69, 9.17) is 27.9 Å². The first-order valence-corrected chi connectivity index (χ1v) is 12.1. The number of hydrogen-bond acceptors (Lipinski definition) is 7. The smallest absolute Gasteiger partial charge is 0.416 e. The fraction of sp³-hybridized carbons (Fsp3) is 0.200. The molecule has 15 heteroatoms. The molecule has 1 unspecified atom stereocenters. The summed E-state index contributed by atoms with van der Waals surface area (Å²) in [6.45, 7) is 3.13. The minimum Gasteiger partial charge on any atom is -0.442 e. The first-order chi connectivity index (χ1) is 18.7. The van der Waals surface area contributed by atoms with Gasteiger partial charge in [0.2, 0.25) is 5.91 Å². The summed E-state index contributed by atoms with van der Waals surface area (Å²) in [6, 6.07) is 9.13. The highest BCUT2D eigenvalue weighted by Gasteiger charge is 2.40. The summed E-state index contributed by atoms with van der Waals surface area (Å²) in [4.78, 5) is 33.5. The average Bonchev–Trinajstić information content (AvgIpc) is 3.30. The summed E-state index contributed by atoms with van der Waals surface area (Å²) in [5, 5.41) is 28.8. The van der Waals surface area contributed by atoms with E-state index in [0.717, 1.165) is 10.6 Å². The third-order valence-electron chi connectivity index (χ3n) is 5.99. The SMILES string of the molecule is CC(=O)N1N=C(c2ccc(C)cc2)CC1c1cc(Cl)cc(Cl)c1Oc1c([N+](=O)[O-])cc(C(F)(F)F)cc1[N+](=O)[O-]. The average molecular weight is 597 g/mol. The second kappa shape index (κ2) is 10.7. The lowest BCUT2D eigenvalue weighted by Gasteiger charge is -2.24. The van der Waals surface area contributed by atoms with E-state index in [1.54, 1.807) is 12.1 Å². The van der Waals surface area contributed by atoms with Crippen molar-refractivity contribution in [2.75, 3.05) is 0 Å². The number of benzene rings is 3. The summed E-state index contributed by atoms with van der Waals surface area (Å²) >= 11 is 12.6. The van der Waals surface area contributed by atoms with Gasteiger partial charge in [-0.3, -0.25) is 25.0 Å². The van der Waals surface area contributed by atoms with Gasteiger partial charge in [-0.05, 0) is 24.6 Å². The van der Waals surface area contributed by atoms with E-state index in [1.807, 2.05) is 19.1 Å². The van der Waals surface area contributed by atoms with Gasteiger partial charge in [-0.2, -0.15) is 18.3 Å². The molecular weight excluding hydrogens is 580 g/mol. The Morgan fingerprint density at radius 1 is 1.02 bits per heavy atom. The van der Waals surface area contributed by atoms with Gasteiger partial charge < -0.3 is 4.74 Å². The Morgan fingerprint density at radius 3 is 2.10 bits per heavy atom. The number of nitro groups is 2. The molecule has 1 aliphatic heterocycles. The lowest BCUT2D eigenvalue weighted by atomic mass is 9.97. The zero-order valence-corrected chi connectivity index (χ0v) is 22.0. The van der Waals surface area contributed by atoms with Crippen molar-refractivity contribution < 1.29 is 32.5 Å². The van der Waals surface area contributed by atoms with E-state index in [9.17, 15) is 38.2 Å². The predicted molar refractivity (Wildman–Crippen MR) is 139 cm³/mol. The normalized spacial score (nSPS) is 15.1. The molecule has 1 aliphatic rings. The van der Waals surface area contributed by atoms with Crippen molar-refractivity contribution >= 4 is 46.2 Å². The van der Waals surface area contributed by atoms with Gasteiger partial charge in [0, 0.05) is 36.1 Å². The molecule has 1 atom stereocenters. The van der Waals surface area contributed by atoms with Crippen LogP contribution in [-0.2, 0) is 11.0 Å². The Kier molecular flexibility index (Phi) is 7.72. The molecule has 40 heavy (non-hydrogen) atoms. The molecule has 0 radical (unpaired) electrons. The summed E-state index contributed by atoms with van der Waals surface area (Å²) < 4.78 is 45.7. The van der Waals surface area contributed by atoms with Crippen molar-refractivity contribution in [1.82, 2.24) is 5.01 Å². The molecule has 0 saturated carbocycles. The molecule has 3 aromatic carbocycles. The van der Waals surface area contributed by atoms with Crippen molar-refractivity contribution in [3.8, 4) is 11.5 Å². The maximum absolute atomic E-state index is 13.4. The predicted octanol–water partition coefficient (Wildman–Crippen LogP) is 7.63. The molecule has 0 saturated heterocycles. The second-order valence-electron chi connectivity index (χ2n) is 8.76. The quantitative estimate of drug-likeness (QED) is 0.212. The van der Waals surface area contributed by atoms with E-state index in [-0.39, 0.29) is 39.9 Å². The molecule has 1 heterocycles. The maximum atomic E-state index is 13.4. The van der Waals surface area contributed by atoms with Crippen LogP contribution in [0, 0.1) is 27.2 Å². The zero-order valence-electron chi connectivity index (χ0n) is 20.5. The molecular formula is C25H17Cl2F3N4O6. The number of halogens is 5. The third kappa shape index (κ3) is 5.70. The van der Waals surface area contributed by atoms with Crippen molar-refractivity contribution in [2.45, 2.75) is 32.5 Å². The van der Waals surface area contributed by atoms with Crippen LogP contribution in [0.25, 0.3) is 0 Å². The molecule has 4 rings (SSSR count). The largest absolute Gasteiger partial charge is 0.442 e. The molecule has 0 aromatic heterocycles. The van der Waals surface area contributed by atoms with Gasteiger partial charge in [0.05, 0.1) is 32.2 Å². The van der Waals surface area contributed by atoms with Gasteiger partial charge in [0.15, 0.2) is 5.75 Å². The van der Waals surface area contributed by atoms with E-state index in [0.29, 0.717) is 11.3 Å². The molecule has 208 valence electrons. The fourth-order valence-electron chi connectivity index (χ4n) is 4.14. The highest BCUT2D eigenvalue weighted by Crippen LogP contribution is 2.49. The van der Waals surface area contributed by atoms with Gasteiger partial charge in [-0.25, -0.2) is 5.01 Å². The summed E-state index contributed by atoms with van der Waals surface area (Å²) in [5.74, 6) is -1.96. The van der Waals surface area contributed by atoms with E-state index in [2.05, 4.69) is 5.10 Å². The maximum Gasteiger partial charge on any atom is 0.416 e. The van der Waals surface area contributed by atoms with Crippen LogP contribution < -0.4 is 4.74 Å². The molecule has 1 amide bonds. The van der Waals surface area contributed by atoms with Crippen molar-refractivity contribution in [3.63, 3.8) is 0 Å². The van der Waals surface area contributed by atoms with Crippen LogP contribution in [0.5, 0.6) is 11.5 Å². The summed E-state index contributed by atoms with van der Waals surface area (Å²) in [6.07, 6.45) is -5.01. The first kappa shape index (κ1) is 28.8. The Morgan fingerprint density at radius 2 is 1.60 bits per heavy atom. The number of carbonyl (C=O) groups is 1. The molecule has 0 aliphatic carbocycles. The Bertz CT molecular complexity index is 1540. The van der Waals surface area contributed by atoms with Gasteiger partial charge in [-0.15, -0.1) is 0 Å². The number of carbonyl (C=O) groups excluding carboxylic acids is 1. The molecule has 10 nitrogen and oxygen atoms in total. The topological polar surface area (TPSA) is 128 Å². The number of alkyl halides is 3. The number of nitro benzene ring substituents is 2. The number of aryl methyl sites for hydroxylation is 1. The molecule has 0 fully saturated rings. The highest BCUT2D eigenvalue weighted by atomic mass is 35.5. The van der Waals surface area contributed by atoms with Crippen LogP contribution in [0.3, 0.4) is 0 Å². The van der Waals surface area contributed by atoms with Gasteiger partial charge in [0.25, 0.3) is 5.75 Å². The fourth-order valence-corrected chi connectivity index (χ4v) is 4.69. The minimum absolute atomic E-state index is 0.0658. The van der Waals surface area contributed by atoms with Gasteiger partial charge in [-0.1, -0.05) is 53.0 Å². The van der Waals surface area contributed by atoms with Crippen LogP contribution in [0.15, 0.2) is 53.6 Å². The van der Waals surface area contributed by atoms with Crippen LogP contribution in [0.2, 0.25) is 10.0 Å². The Labute approximate surface area is 233 Å². The van der Waals surface area contributed by atoms with Crippen molar-refractivity contribution in [3.05, 3.63) is 101 Å². The standard InChI is InChI=1S/C25H17Cl2F3N4O6/c1-12-3-5-14(6-4-12)19-11-20(32(31-19)13(2)35)17-9-16(26)10-18(27)23(17)40-24-21(33(36)37)7-15(25(28,29)30)8-22(24)34(38)39/h3-10,20H,11H2,1-2H3. The van der Waals surface area contributed by atoms with E-state index >= 15 is 0 Å². The highest BCUT2D eigenvalue weighted by molar-refractivity contribution is 6.35. The van der Waals surface area contributed by atoms with Crippen LogP contribution in [0.4, 0.5) is 24.5 Å². The Hall–Kier alpha value is -4.23. The van der Waals surface area contributed by atoms with Crippen molar-refractivity contribution in [1.29, 1.82) is 0 Å². The van der Waals surface area contributed by atoms with Crippen LogP contribution >= 0.6 is 23.2 Å². The van der Waals surface area contributed by atoms with Gasteiger partial charge in [0.1, 0.15) is 0 Å². The lowest BCUT2D eigenvalue weighted by molar-refractivity contribution is -0.396. The van der Waals surface area contributed by atoms with E-state index in [1.165, 1.54) is 19.1 Å². The molecule has 0 spiro atoms. The second-order valence-corrected chi connectivity index (χ2v) is 9.60. The zero-order chi connectivity index (χ0) is 29.5. The van der Waals surface area contributed by atoms with Crippen LogP contribution in [0.1, 0.15) is 41.6 Å². The third-order valence-corrected chi connectivity index (χ3v) is 6.49. The Balaban J connectivity index is 1.88. The monoisotopic (exact) mass is 596 g/mol. The van der Waals surface area contributed by atoms with E-state index < -0.39 is 50.7 Å². The number of ether oxygens (including phenoxy) is 1. The number of amides is 1. The lowest BCUT2D eigenvalue weighted by Crippen LogP contribution is -2.24. The first-order valence-electron chi connectivity index (χ1n) is 11.3. The van der Waals surface area contributed by atoms with Crippen LogP contribution in [-0.4, -0.2) is 26.5 Å². The van der Waals surface area contributed by atoms with Crippen molar-refractivity contribution in [2.24, 2.45) is 5.10 Å². The number of hydrogen-bond donors (Lipinski definition) is 0. The minimum atomic E-state index is -5.12. The molecule has 3 aromatic rings. The molecule has 0 bridgehead atoms. The number of nitrogens with zero attached hydrogens (tertiary/aromatic N) is 4. The van der Waals surface area contributed by atoms with Gasteiger partial charge >= 0.3 is 17.6 Å². The summed E-state index contributed by atoms with van der Waals surface area (Å²) in [7, 11) is 0.